The number of halogens is 1. The Balaban J connectivity index is 1.69. The van der Waals surface area contributed by atoms with Gasteiger partial charge in [-0.1, -0.05) is 35.9 Å². The lowest BCUT2D eigenvalue weighted by Gasteiger charge is -2.13. The van der Waals surface area contributed by atoms with E-state index in [1.54, 1.807) is 42.7 Å². The van der Waals surface area contributed by atoms with Gasteiger partial charge in [0.1, 0.15) is 12.4 Å². The molecular weight excluding hydrogens is 431 g/mol. The Kier molecular flexibility index (Phi) is 6.09. The van der Waals surface area contributed by atoms with Crippen LogP contribution in [0, 0.1) is 12.7 Å². The molecule has 2 aromatic heterocycles. The van der Waals surface area contributed by atoms with Crippen LogP contribution in [0.1, 0.15) is 11.1 Å². The van der Waals surface area contributed by atoms with Crippen molar-refractivity contribution in [2.24, 2.45) is 0 Å². The summed E-state index contributed by atoms with van der Waals surface area (Å²) in [6.45, 7) is 1.96. The Hall–Kier alpha value is -3.85. The molecule has 0 amide bonds. The first-order valence-corrected chi connectivity index (χ1v) is 11.1. The van der Waals surface area contributed by atoms with Gasteiger partial charge in [0, 0.05) is 23.5 Å². The van der Waals surface area contributed by atoms with Crippen molar-refractivity contribution in [2.75, 3.05) is 4.72 Å². The molecule has 4 rings (SSSR count). The monoisotopic (exact) mass is 450 g/mol. The van der Waals surface area contributed by atoms with Crippen LogP contribution in [0.5, 0.6) is 5.88 Å². The number of nitrogens with zero attached hydrogens (tertiary/aromatic N) is 3. The predicted molar refractivity (Wildman–Crippen MR) is 118 cm³/mol. The van der Waals surface area contributed by atoms with Gasteiger partial charge in [-0.15, -0.1) is 0 Å². The highest BCUT2D eigenvalue weighted by Crippen LogP contribution is 2.28. The van der Waals surface area contributed by atoms with E-state index >= 15 is 0 Å². The topological polar surface area (TPSA) is 94.1 Å². The van der Waals surface area contributed by atoms with E-state index in [1.807, 2.05) is 13.0 Å². The molecule has 2 heterocycles. The number of sulfonamides is 1. The minimum absolute atomic E-state index is 0.0358. The Morgan fingerprint density at radius 1 is 1.03 bits per heavy atom. The largest absolute Gasteiger partial charge is 0.470 e. The summed E-state index contributed by atoms with van der Waals surface area (Å²) in [7, 11) is -3.92. The fourth-order valence-electron chi connectivity index (χ4n) is 2.87. The smallest absolute Gasteiger partial charge is 0.263 e. The van der Waals surface area contributed by atoms with Gasteiger partial charge in [0.05, 0.1) is 16.8 Å². The quantitative estimate of drug-likeness (QED) is 0.449. The van der Waals surface area contributed by atoms with Crippen LogP contribution in [-0.2, 0) is 16.6 Å². The van der Waals surface area contributed by atoms with Gasteiger partial charge >= 0.3 is 0 Å². The molecule has 2 aromatic carbocycles. The summed E-state index contributed by atoms with van der Waals surface area (Å²) in [5.74, 6) is -0.535. The highest BCUT2D eigenvalue weighted by Gasteiger charge is 2.20. The van der Waals surface area contributed by atoms with E-state index < -0.39 is 15.8 Å². The molecule has 0 aliphatic rings. The maximum atomic E-state index is 13.7. The first kappa shape index (κ1) is 21.4. The zero-order valence-corrected chi connectivity index (χ0v) is 17.9. The highest BCUT2D eigenvalue weighted by atomic mass is 32.2. The van der Waals surface area contributed by atoms with Crippen LogP contribution in [0.15, 0.2) is 84.1 Å². The van der Waals surface area contributed by atoms with Crippen LogP contribution in [0.2, 0.25) is 0 Å². The van der Waals surface area contributed by atoms with Gasteiger partial charge in [-0.3, -0.25) is 9.71 Å². The zero-order valence-electron chi connectivity index (χ0n) is 17.1. The third-order valence-corrected chi connectivity index (χ3v) is 5.88. The number of ether oxygens (including phenoxy) is 1. The van der Waals surface area contributed by atoms with E-state index in [0.717, 1.165) is 11.1 Å². The zero-order chi connectivity index (χ0) is 22.6. The van der Waals surface area contributed by atoms with Gasteiger partial charge < -0.3 is 4.74 Å². The summed E-state index contributed by atoms with van der Waals surface area (Å²) in [4.78, 5) is 12.7. The van der Waals surface area contributed by atoms with E-state index in [4.69, 9.17) is 4.74 Å². The van der Waals surface area contributed by atoms with Crippen LogP contribution in [0.3, 0.4) is 0 Å². The van der Waals surface area contributed by atoms with Crippen molar-refractivity contribution in [1.29, 1.82) is 0 Å². The number of anilines is 1. The van der Waals surface area contributed by atoms with Crippen molar-refractivity contribution in [2.45, 2.75) is 18.4 Å². The fourth-order valence-corrected chi connectivity index (χ4v) is 3.88. The minimum atomic E-state index is -3.92. The number of aromatic nitrogens is 3. The third-order valence-electron chi connectivity index (χ3n) is 4.52. The number of pyridine rings is 1. The lowest BCUT2D eigenvalue weighted by molar-refractivity contribution is 0.294. The van der Waals surface area contributed by atoms with Gasteiger partial charge in [-0.25, -0.2) is 22.8 Å². The van der Waals surface area contributed by atoms with Crippen molar-refractivity contribution in [3.63, 3.8) is 0 Å². The molecule has 32 heavy (non-hydrogen) atoms. The van der Waals surface area contributed by atoms with E-state index in [9.17, 15) is 12.8 Å². The number of rotatable bonds is 7. The molecule has 0 radical (unpaired) electrons. The highest BCUT2D eigenvalue weighted by molar-refractivity contribution is 7.92. The van der Waals surface area contributed by atoms with Gasteiger partial charge in [-0.05, 0) is 37.3 Å². The lowest BCUT2D eigenvalue weighted by Crippen LogP contribution is -2.15. The number of hydrogen-bond acceptors (Lipinski definition) is 6. The molecular formula is C23H19FN4O3S. The molecule has 4 aromatic rings. The van der Waals surface area contributed by atoms with E-state index in [-0.39, 0.29) is 23.2 Å². The van der Waals surface area contributed by atoms with Crippen LogP contribution < -0.4 is 9.46 Å². The standard InChI is InChI=1S/C23H19FN4O3S/c1-16-7-9-20(10-8-16)32(29,30)28-22-23(31-15-17-4-3-11-25-13-17)27-21(14-26-22)18-5-2-6-19(24)12-18/h2-14H,15H2,1H3,(H,26,28). The maximum Gasteiger partial charge on any atom is 0.263 e. The number of benzene rings is 2. The molecule has 0 spiro atoms. The molecule has 0 saturated carbocycles. The molecule has 0 unspecified atom stereocenters. The molecule has 0 atom stereocenters. The third kappa shape index (κ3) is 5.06. The summed E-state index contributed by atoms with van der Waals surface area (Å²) < 4.78 is 47.6. The molecule has 7 nitrogen and oxygen atoms in total. The average molecular weight is 450 g/mol. The molecule has 0 fully saturated rings. The van der Waals surface area contributed by atoms with Crippen molar-refractivity contribution in [3.8, 4) is 17.1 Å². The molecule has 162 valence electrons. The Morgan fingerprint density at radius 3 is 2.56 bits per heavy atom. The van der Waals surface area contributed by atoms with Gasteiger partial charge in [0.2, 0.25) is 5.82 Å². The van der Waals surface area contributed by atoms with E-state index in [2.05, 4.69) is 19.7 Å². The summed E-state index contributed by atoms with van der Waals surface area (Å²) in [5.41, 5.74) is 2.52. The fraction of sp³-hybridized carbons (Fsp3) is 0.0870. The second-order valence-electron chi connectivity index (χ2n) is 6.99. The van der Waals surface area contributed by atoms with Crippen LogP contribution >= 0.6 is 0 Å². The average Bonchev–Trinajstić information content (AvgIpc) is 2.79. The summed E-state index contributed by atoms with van der Waals surface area (Å²) in [6, 6.07) is 15.8. The first-order chi connectivity index (χ1) is 15.4. The van der Waals surface area contributed by atoms with Gasteiger partial charge in [0.15, 0.2) is 0 Å². The summed E-state index contributed by atoms with van der Waals surface area (Å²) in [5, 5.41) is 0. The molecule has 0 aliphatic heterocycles. The Bertz CT molecular complexity index is 1330. The summed E-state index contributed by atoms with van der Waals surface area (Å²) in [6.07, 6.45) is 4.62. The van der Waals surface area contributed by atoms with E-state index in [1.165, 1.54) is 30.5 Å². The van der Waals surface area contributed by atoms with Crippen molar-refractivity contribution < 1.29 is 17.5 Å². The second-order valence-corrected chi connectivity index (χ2v) is 8.67. The van der Waals surface area contributed by atoms with Crippen molar-refractivity contribution >= 4 is 15.8 Å². The summed E-state index contributed by atoms with van der Waals surface area (Å²) >= 11 is 0. The molecule has 0 aliphatic carbocycles. The SMILES string of the molecule is Cc1ccc(S(=O)(=O)Nc2ncc(-c3cccc(F)c3)nc2OCc2cccnc2)cc1. The predicted octanol–water partition coefficient (Wildman–Crippen LogP) is 4.37. The van der Waals surface area contributed by atoms with Crippen LogP contribution in [-0.4, -0.2) is 23.4 Å². The van der Waals surface area contributed by atoms with Crippen LogP contribution in [0.4, 0.5) is 10.2 Å². The minimum Gasteiger partial charge on any atom is -0.470 e. The Morgan fingerprint density at radius 2 is 1.84 bits per heavy atom. The normalized spacial score (nSPS) is 11.2. The molecule has 1 N–H and O–H groups in total. The number of hydrogen-bond donors (Lipinski definition) is 1. The van der Waals surface area contributed by atoms with Gasteiger partial charge in [-0.2, -0.15) is 0 Å². The maximum absolute atomic E-state index is 13.7. The van der Waals surface area contributed by atoms with Gasteiger partial charge in [0.25, 0.3) is 15.9 Å². The van der Waals surface area contributed by atoms with Crippen molar-refractivity contribution in [3.05, 3.63) is 96.2 Å². The Labute approximate surface area is 185 Å². The van der Waals surface area contributed by atoms with E-state index in [0.29, 0.717) is 11.3 Å². The van der Waals surface area contributed by atoms with Crippen LogP contribution in [0.25, 0.3) is 11.3 Å². The number of aryl methyl sites for hydroxylation is 1. The first-order valence-electron chi connectivity index (χ1n) is 9.65. The van der Waals surface area contributed by atoms with Crippen molar-refractivity contribution in [1.82, 2.24) is 15.0 Å². The number of nitrogens with one attached hydrogen (secondary N) is 1. The molecule has 0 saturated heterocycles. The second kappa shape index (κ2) is 9.11. The molecule has 9 heteroatoms. The molecule has 0 bridgehead atoms. The lowest BCUT2D eigenvalue weighted by atomic mass is 10.1.